The van der Waals surface area contributed by atoms with E-state index in [0.717, 1.165) is 17.1 Å². The van der Waals surface area contributed by atoms with Gasteiger partial charge in [0.15, 0.2) is 0 Å². The maximum Gasteiger partial charge on any atom is 0.219 e. The quantitative estimate of drug-likeness (QED) is 0.878. The topological polar surface area (TPSA) is 57.4 Å². The minimum Gasteiger partial charge on any atom is -0.494 e. The molecule has 1 aromatic carbocycles. The molecule has 4 heteroatoms. The third-order valence-corrected chi connectivity index (χ3v) is 2.39. The molecule has 0 aliphatic heterocycles. The van der Waals surface area contributed by atoms with Gasteiger partial charge in [-0.3, -0.25) is 0 Å². The SMILES string of the molecule is CCOc1ccc(Oc2ccc(CN)cn2)cc1. The lowest BCUT2D eigenvalue weighted by Crippen LogP contribution is -1.97. The molecule has 0 atom stereocenters. The molecule has 0 fully saturated rings. The smallest absolute Gasteiger partial charge is 0.219 e. The highest BCUT2D eigenvalue weighted by atomic mass is 16.5. The predicted molar refractivity (Wildman–Crippen MR) is 69.8 cm³/mol. The summed E-state index contributed by atoms with van der Waals surface area (Å²) in [5, 5.41) is 0. The average molecular weight is 244 g/mol. The molecule has 1 aromatic heterocycles. The lowest BCUT2D eigenvalue weighted by atomic mass is 10.3. The van der Waals surface area contributed by atoms with E-state index < -0.39 is 0 Å². The highest BCUT2D eigenvalue weighted by molar-refractivity contribution is 5.33. The van der Waals surface area contributed by atoms with Crippen LogP contribution in [0.3, 0.4) is 0 Å². The van der Waals surface area contributed by atoms with Crippen molar-refractivity contribution in [2.45, 2.75) is 13.5 Å². The Bertz CT molecular complexity index is 480. The van der Waals surface area contributed by atoms with Crippen LogP contribution in [0.5, 0.6) is 17.4 Å². The summed E-state index contributed by atoms with van der Waals surface area (Å²) in [4.78, 5) is 4.17. The first-order valence-corrected chi connectivity index (χ1v) is 5.87. The van der Waals surface area contributed by atoms with Crippen molar-refractivity contribution < 1.29 is 9.47 Å². The Morgan fingerprint density at radius 2 is 1.78 bits per heavy atom. The summed E-state index contributed by atoms with van der Waals surface area (Å²) in [5.74, 6) is 2.11. The molecular weight excluding hydrogens is 228 g/mol. The Morgan fingerprint density at radius 3 is 2.33 bits per heavy atom. The molecule has 1 heterocycles. The van der Waals surface area contributed by atoms with Crippen LogP contribution < -0.4 is 15.2 Å². The summed E-state index contributed by atoms with van der Waals surface area (Å²) >= 11 is 0. The number of rotatable bonds is 5. The number of hydrogen-bond acceptors (Lipinski definition) is 4. The van der Waals surface area contributed by atoms with Gasteiger partial charge >= 0.3 is 0 Å². The first-order valence-electron chi connectivity index (χ1n) is 5.87. The highest BCUT2D eigenvalue weighted by Gasteiger charge is 1.99. The van der Waals surface area contributed by atoms with Crippen LogP contribution >= 0.6 is 0 Å². The lowest BCUT2D eigenvalue weighted by molar-refractivity contribution is 0.339. The van der Waals surface area contributed by atoms with Crippen LogP contribution in [0.2, 0.25) is 0 Å². The third-order valence-electron chi connectivity index (χ3n) is 2.39. The van der Waals surface area contributed by atoms with Crippen molar-refractivity contribution in [1.29, 1.82) is 0 Å². The van der Waals surface area contributed by atoms with Crippen molar-refractivity contribution in [3.05, 3.63) is 48.2 Å². The summed E-state index contributed by atoms with van der Waals surface area (Å²) in [6.45, 7) is 3.09. The van der Waals surface area contributed by atoms with E-state index in [1.165, 1.54) is 0 Å². The van der Waals surface area contributed by atoms with Gasteiger partial charge in [-0.2, -0.15) is 0 Å². The van der Waals surface area contributed by atoms with E-state index in [0.29, 0.717) is 19.0 Å². The summed E-state index contributed by atoms with van der Waals surface area (Å²) in [6, 6.07) is 11.1. The van der Waals surface area contributed by atoms with Crippen LogP contribution in [0.4, 0.5) is 0 Å². The Morgan fingerprint density at radius 1 is 1.06 bits per heavy atom. The first kappa shape index (κ1) is 12.4. The average Bonchev–Trinajstić information content (AvgIpc) is 2.42. The number of hydrogen-bond donors (Lipinski definition) is 1. The fraction of sp³-hybridized carbons (Fsp3) is 0.214. The molecule has 0 spiro atoms. The van der Waals surface area contributed by atoms with Gasteiger partial charge in [0.25, 0.3) is 0 Å². The van der Waals surface area contributed by atoms with E-state index in [-0.39, 0.29) is 0 Å². The molecule has 18 heavy (non-hydrogen) atoms. The normalized spacial score (nSPS) is 10.1. The molecule has 0 aliphatic carbocycles. The summed E-state index contributed by atoms with van der Waals surface area (Å²) < 4.78 is 11.0. The van der Waals surface area contributed by atoms with E-state index in [1.807, 2.05) is 37.3 Å². The number of nitrogens with two attached hydrogens (primary N) is 1. The van der Waals surface area contributed by atoms with Crippen LogP contribution in [-0.2, 0) is 6.54 Å². The van der Waals surface area contributed by atoms with Crippen molar-refractivity contribution in [2.24, 2.45) is 5.73 Å². The molecular formula is C14H16N2O2. The molecule has 0 radical (unpaired) electrons. The second kappa shape index (κ2) is 6.02. The minimum absolute atomic E-state index is 0.482. The van der Waals surface area contributed by atoms with Crippen LogP contribution in [0.25, 0.3) is 0 Å². The fourth-order valence-electron chi connectivity index (χ4n) is 1.48. The van der Waals surface area contributed by atoms with Crippen LogP contribution in [0.1, 0.15) is 12.5 Å². The van der Waals surface area contributed by atoms with E-state index in [2.05, 4.69) is 4.98 Å². The highest BCUT2D eigenvalue weighted by Crippen LogP contribution is 2.22. The number of benzene rings is 1. The zero-order valence-electron chi connectivity index (χ0n) is 10.3. The van der Waals surface area contributed by atoms with E-state index >= 15 is 0 Å². The monoisotopic (exact) mass is 244 g/mol. The summed E-state index contributed by atoms with van der Waals surface area (Å²) in [6.07, 6.45) is 1.71. The van der Waals surface area contributed by atoms with Gasteiger partial charge in [0, 0.05) is 18.8 Å². The first-order chi connectivity index (χ1) is 8.81. The predicted octanol–water partition coefficient (Wildman–Crippen LogP) is 2.73. The van der Waals surface area contributed by atoms with E-state index in [9.17, 15) is 0 Å². The van der Waals surface area contributed by atoms with Gasteiger partial charge in [0.1, 0.15) is 11.5 Å². The number of nitrogens with zero attached hydrogens (tertiary/aromatic N) is 1. The molecule has 0 aliphatic rings. The molecule has 0 bridgehead atoms. The second-order valence-electron chi connectivity index (χ2n) is 3.72. The Labute approximate surface area is 106 Å². The number of aromatic nitrogens is 1. The van der Waals surface area contributed by atoms with Gasteiger partial charge in [-0.1, -0.05) is 6.07 Å². The third kappa shape index (κ3) is 3.21. The second-order valence-corrected chi connectivity index (χ2v) is 3.72. The van der Waals surface area contributed by atoms with Crippen LogP contribution in [0.15, 0.2) is 42.6 Å². The molecule has 0 unspecified atom stereocenters. The summed E-state index contributed by atoms with van der Waals surface area (Å²) in [5.41, 5.74) is 6.48. The molecule has 94 valence electrons. The van der Waals surface area contributed by atoms with Gasteiger partial charge in [-0.05, 0) is 36.8 Å². The Hall–Kier alpha value is -2.07. The van der Waals surface area contributed by atoms with Gasteiger partial charge in [0.2, 0.25) is 5.88 Å². The van der Waals surface area contributed by atoms with Crippen molar-refractivity contribution >= 4 is 0 Å². The van der Waals surface area contributed by atoms with Gasteiger partial charge in [0.05, 0.1) is 6.61 Å². The molecule has 2 aromatic rings. The Kier molecular flexibility index (Phi) is 4.15. The minimum atomic E-state index is 0.482. The molecule has 0 saturated carbocycles. The van der Waals surface area contributed by atoms with Crippen LogP contribution in [-0.4, -0.2) is 11.6 Å². The molecule has 2 N–H and O–H groups in total. The van der Waals surface area contributed by atoms with Gasteiger partial charge in [-0.25, -0.2) is 4.98 Å². The molecule has 2 rings (SSSR count). The van der Waals surface area contributed by atoms with Crippen molar-refractivity contribution in [2.75, 3.05) is 6.61 Å². The van der Waals surface area contributed by atoms with Crippen molar-refractivity contribution in [1.82, 2.24) is 4.98 Å². The maximum atomic E-state index is 5.60. The lowest BCUT2D eigenvalue weighted by Gasteiger charge is -2.06. The molecule has 4 nitrogen and oxygen atoms in total. The number of pyridine rings is 1. The van der Waals surface area contributed by atoms with Crippen LogP contribution in [0, 0.1) is 0 Å². The fourth-order valence-corrected chi connectivity index (χ4v) is 1.48. The maximum absolute atomic E-state index is 5.60. The van der Waals surface area contributed by atoms with E-state index in [4.69, 9.17) is 15.2 Å². The zero-order chi connectivity index (χ0) is 12.8. The van der Waals surface area contributed by atoms with Crippen molar-refractivity contribution in [3.8, 4) is 17.4 Å². The largest absolute Gasteiger partial charge is 0.494 e. The molecule has 0 saturated heterocycles. The van der Waals surface area contributed by atoms with Crippen molar-refractivity contribution in [3.63, 3.8) is 0 Å². The van der Waals surface area contributed by atoms with Gasteiger partial charge < -0.3 is 15.2 Å². The van der Waals surface area contributed by atoms with E-state index in [1.54, 1.807) is 12.3 Å². The molecule has 0 amide bonds. The Balaban J connectivity index is 2.03. The standard InChI is InChI=1S/C14H16N2O2/c1-2-17-12-4-6-13(7-5-12)18-14-8-3-11(9-15)10-16-14/h3-8,10H,2,9,15H2,1H3. The van der Waals surface area contributed by atoms with Gasteiger partial charge in [-0.15, -0.1) is 0 Å². The zero-order valence-corrected chi connectivity index (χ0v) is 10.3. The summed E-state index contributed by atoms with van der Waals surface area (Å²) in [7, 11) is 0. The number of ether oxygens (including phenoxy) is 2.